The first-order valence-corrected chi connectivity index (χ1v) is 10.3. The van der Waals surface area contributed by atoms with Gasteiger partial charge in [0.15, 0.2) is 10.3 Å². The number of benzene rings is 1. The fourth-order valence-electron chi connectivity index (χ4n) is 2.44. The first-order chi connectivity index (χ1) is 11.3. The van der Waals surface area contributed by atoms with Crippen LogP contribution in [0.15, 0.2) is 43.7 Å². The lowest BCUT2D eigenvalue weighted by Gasteiger charge is -2.20. The number of sulfone groups is 1. The van der Waals surface area contributed by atoms with Crippen LogP contribution in [0.5, 0.6) is 0 Å². The van der Waals surface area contributed by atoms with Gasteiger partial charge in [-0.3, -0.25) is 0 Å². The Hall–Kier alpha value is -0.750. The van der Waals surface area contributed by atoms with Gasteiger partial charge in [-0.1, -0.05) is 53.7 Å². The van der Waals surface area contributed by atoms with Gasteiger partial charge in [0, 0.05) is 13.1 Å². The van der Waals surface area contributed by atoms with Crippen LogP contribution in [0.4, 0.5) is 0 Å². The molecule has 1 saturated heterocycles. The van der Waals surface area contributed by atoms with Crippen LogP contribution in [-0.2, 0) is 9.84 Å². The molecule has 0 N–H and O–H groups in total. The van der Waals surface area contributed by atoms with Gasteiger partial charge >= 0.3 is 0 Å². The van der Waals surface area contributed by atoms with Crippen molar-refractivity contribution in [2.24, 2.45) is 4.99 Å². The number of amidine groups is 1. The Kier molecular flexibility index (Phi) is 6.99. The van der Waals surface area contributed by atoms with Crippen LogP contribution in [0.2, 0.25) is 0 Å². The van der Waals surface area contributed by atoms with Gasteiger partial charge in [0.05, 0.1) is 4.90 Å². The Labute approximate surface area is 158 Å². The third-order valence-electron chi connectivity index (χ3n) is 3.81. The van der Waals surface area contributed by atoms with E-state index in [1.807, 2.05) is 11.8 Å². The summed E-state index contributed by atoms with van der Waals surface area (Å²) in [7, 11) is -3.94. The van der Waals surface area contributed by atoms with Crippen molar-refractivity contribution in [2.45, 2.75) is 37.5 Å². The number of likely N-dealkylation sites (tertiary alicyclic amines) is 1. The van der Waals surface area contributed by atoms with E-state index in [2.05, 4.69) is 4.99 Å². The van der Waals surface area contributed by atoms with Crippen LogP contribution in [0.1, 0.15) is 31.2 Å². The van der Waals surface area contributed by atoms with Crippen molar-refractivity contribution in [3.8, 4) is 0 Å². The molecule has 132 valence electrons. The topological polar surface area (TPSA) is 49.7 Å². The molecule has 0 saturated carbocycles. The predicted octanol–water partition coefficient (Wildman–Crippen LogP) is 4.84. The van der Waals surface area contributed by atoms with Crippen molar-refractivity contribution in [1.82, 2.24) is 4.90 Å². The smallest absolute Gasteiger partial charge is 0.226 e. The average Bonchev–Trinajstić information content (AvgIpc) is 2.81. The van der Waals surface area contributed by atoms with Crippen LogP contribution in [0.25, 0.3) is 0 Å². The van der Waals surface area contributed by atoms with Crippen molar-refractivity contribution < 1.29 is 8.42 Å². The number of hydrogen-bond acceptors (Lipinski definition) is 3. The van der Waals surface area contributed by atoms with E-state index in [0.29, 0.717) is 0 Å². The maximum absolute atomic E-state index is 12.8. The van der Waals surface area contributed by atoms with E-state index >= 15 is 0 Å². The molecule has 0 atom stereocenters. The highest BCUT2D eigenvalue weighted by molar-refractivity contribution is 7.95. The number of halogens is 3. The fraction of sp³-hybridized carbons (Fsp3) is 0.438. The van der Waals surface area contributed by atoms with E-state index in [-0.39, 0.29) is 10.2 Å². The molecule has 1 aliphatic heterocycles. The molecular formula is C16H19Cl3N2O2S. The van der Waals surface area contributed by atoms with Gasteiger partial charge in [-0.2, -0.15) is 0 Å². The van der Waals surface area contributed by atoms with Crippen molar-refractivity contribution in [2.75, 3.05) is 13.1 Å². The summed E-state index contributed by atoms with van der Waals surface area (Å²) in [6, 6.07) is 6.40. The molecule has 0 aromatic heterocycles. The van der Waals surface area contributed by atoms with Crippen LogP contribution in [-0.4, -0.2) is 31.7 Å². The summed E-state index contributed by atoms with van der Waals surface area (Å²) in [5, 5.41) is -0.328. The molecule has 0 unspecified atom stereocenters. The molecule has 1 heterocycles. The molecule has 0 radical (unpaired) electrons. The predicted molar refractivity (Wildman–Crippen MR) is 100 cm³/mol. The first kappa shape index (κ1) is 19.6. The number of aryl methyl sites for hydroxylation is 1. The minimum Gasteiger partial charge on any atom is -0.347 e. The third kappa shape index (κ3) is 4.88. The minimum atomic E-state index is -3.94. The van der Waals surface area contributed by atoms with Crippen molar-refractivity contribution in [1.29, 1.82) is 0 Å². The quantitative estimate of drug-likeness (QED) is 0.407. The lowest BCUT2D eigenvalue weighted by Crippen LogP contribution is -2.28. The second-order valence-corrected chi connectivity index (χ2v) is 8.82. The van der Waals surface area contributed by atoms with Gasteiger partial charge in [0.2, 0.25) is 9.84 Å². The average molecular weight is 410 g/mol. The molecule has 8 heteroatoms. The maximum Gasteiger partial charge on any atom is 0.226 e. The van der Waals surface area contributed by atoms with Gasteiger partial charge < -0.3 is 4.90 Å². The summed E-state index contributed by atoms with van der Waals surface area (Å²) in [6.07, 6.45) is 4.23. The largest absolute Gasteiger partial charge is 0.347 e. The standard InChI is InChI=1S/C16H19Cl3N2O2S/c1-12-6-8-13(9-7-12)24(22,23)15(14(17)18)20-16(19)21-10-4-2-3-5-11-21/h6-9H,2-5,10-11H2,1H3/b20-16+. The van der Waals surface area contributed by atoms with E-state index in [1.165, 1.54) is 12.1 Å². The lowest BCUT2D eigenvalue weighted by atomic mass is 10.2. The Morgan fingerprint density at radius 3 is 2.04 bits per heavy atom. The van der Waals surface area contributed by atoms with E-state index in [1.54, 1.807) is 12.1 Å². The number of nitrogens with zero attached hydrogens (tertiary/aromatic N) is 2. The van der Waals surface area contributed by atoms with Crippen LogP contribution in [0.3, 0.4) is 0 Å². The molecule has 0 bridgehead atoms. The van der Waals surface area contributed by atoms with Crippen molar-refractivity contribution >= 4 is 49.9 Å². The molecule has 1 aromatic carbocycles. The first-order valence-electron chi connectivity index (χ1n) is 7.68. The number of hydrogen-bond donors (Lipinski definition) is 0. The Bertz CT molecular complexity index is 731. The van der Waals surface area contributed by atoms with Gasteiger partial charge in [-0.15, -0.1) is 0 Å². The van der Waals surface area contributed by atoms with E-state index in [0.717, 1.165) is 44.3 Å². The zero-order valence-corrected chi connectivity index (χ0v) is 16.4. The molecule has 0 spiro atoms. The Morgan fingerprint density at radius 1 is 1.00 bits per heavy atom. The highest BCUT2D eigenvalue weighted by Gasteiger charge is 2.25. The highest BCUT2D eigenvalue weighted by Crippen LogP contribution is 2.28. The molecule has 4 nitrogen and oxygen atoms in total. The monoisotopic (exact) mass is 408 g/mol. The third-order valence-corrected chi connectivity index (χ3v) is 6.41. The summed E-state index contributed by atoms with van der Waals surface area (Å²) < 4.78 is 25.1. The van der Waals surface area contributed by atoms with Crippen molar-refractivity contribution in [3.63, 3.8) is 0 Å². The maximum atomic E-state index is 12.8. The normalized spacial score (nSPS) is 16.7. The van der Waals surface area contributed by atoms with Crippen LogP contribution >= 0.6 is 34.8 Å². The fourth-order valence-corrected chi connectivity index (χ4v) is 4.57. The summed E-state index contributed by atoms with van der Waals surface area (Å²) in [5.41, 5.74) is 0.947. The zero-order valence-electron chi connectivity index (χ0n) is 13.3. The van der Waals surface area contributed by atoms with E-state index in [4.69, 9.17) is 34.8 Å². The Balaban J connectivity index is 2.37. The Morgan fingerprint density at radius 2 is 1.54 bits per heavy atom. The zero-order chi connectivity index (χ0) is 17.7. The van der Waals surface area contributed by atoms with Gasteiger partial charge in [-0.25, -0.2) is 13.4 Å². The molecule has 1 aromatic rings. The van der Waals surface area contributed by atoms with Gasteiger partial charge in [0.1, 0.15) is 4.49 Å². The van der Waals surface area contributed by atoms with Gasteiger partial charge in [-0.05, 0) is 43.5 Å². The van der Waals surface area contributed by atoms with E-state index < -0.39 is 19.4 Å². The lowest BCUT2D eigenvalue weighted by molar-refractivity contribution is 0.442. The van der Waals surface area contributed by atoms with Gasteiger partial charge in [0.25, 0.3) is 0 Å². The molecule has 0 amide bonds. The molecule has 2 rings (SSSR count). The highest BCUT2D eigenvalue weighted by atomic mass is 35.5. The number of aliphatic imine (C=N–C) groups is 1. The molecular weight excluding hydrogens is 391 g/mol. The molecule has 1 aliphatic rings. The molecule has 0 aliphatic carbocycles. The molecule has 24 heavy (non-hydrogen) atoms. The minimum absolute atomic E-state index is 0.0750. The summed E-state index contributed by atoms with van der Waals surface area (Å²) in [4.78, 5) is 5.98. The summed E-state index contributed by atoms with van der Waals surface area (Å²) in [6.45, 7) is 3.34. The summed E-state index contributed by atoms with van der Waals surface area (Å²) >= 11 is 17.9. The van der Waals surface area contributed by atoms with Crippen molar-refractivity contribution in [3.05, 3.63) is 39.3 Å². The number of rotatable bonds is 3. The second-order valence-electron chi connectivity index (χ2n) is 5.66. The van der Waals surface area contributed by atoms with Crippen LogP contribution in [0, 0.1) is 6.92 Å². The second kappa shape index (κ2) is 8.56. The molecule has 1 fully saturated rings. The summed E-state index contributed by atoms with van der Waals surface area (Å²) in [5.74, 6) is 0. The van der Waals surface area contributed by atoms with Crippen LogP contribution < -0.4 is 0 Å². The van der Waals surface area contributed by atoms with E-state index in [9.17, 15) is 8.42 Å². The SMILES string of the molecule is Cc1ccc(S(=O)(=O)C(/N=C(\Cl)N2CCCCCC2)=C(Cl)Cl)cc1.